The Morgan fingerprint density at radius 3 is 2.19 bits per heavy atom. The first-order valence-electron chi connectivity index (χ1n) is 12.8. The number of amides is 2. The molecule has 2 amide bonds. The maximum atomic E-state index is 12.8. The summed E-state index contributed by atoms with van der Waals surface area (Å²) in [7, 11) is 0. The van der Waals surface area contributed by atoms with Crippen LogP contribution in [0.25, 0.3) is 5.57 Å². The normalized spacial score (nSPS) is 13.7. The monoisotopic (exact) mass is 498 g/mol. The molecule has 1 aromatic heterocycles. The number of hydrogen-bond donors (Lipinski definition) is 2. The standard InChI is InChI=1S/C30H34N4O3/c1-3-34(4-2)29(35)24-14-12-22(13-15-24)28(26-10-5-6-11-27(26)32-30(36)37)23-16-19-33(20-17-23)21-25-9-7-8-18-31-25/h5-15,18,32H,3-4,16-17,19-21H2,1-2H3,(H,36,37). The van der Waals surface area contributed by atoms with Crippen LogP contribution in [0.2, 0.25) is 0 Å². The van der Waals surface area contributed by atoms with Crippen LogP contribution in [0, 0.1) is 0 Å². The van der Waals surface area contributed by atoms with Gasteiger partial charge in [0.25, 0.3) is 5.91 Å². The Morgan fingerprint density at radius 1 is 0.919 bits per heavy atom. The molecule has 0 radical (unpaired) electrons. The van der Waals surface area contributed by atoms with Gasteiger partial charge in [-0.2, -0.15) is 0 Å². The minimum Gasteiger partial charge on any atom is -0.465 e. The van der Waals surface area contributed by atoms with Crippen LogP contribution in [0.5, 0.6) is 0 Å². The number of likely N-dealkylation sites (tertiary alicyclic amines) is 1. The number of para-hydroxylation sites is 1. The molecule has 0 aliphatic carbocycles. The molecular formula is C30H34N4O3. The van der Waals surface area contributed by atoms with Crippen LogP contribution in [0.15, 0.2) is 78.5 Å². The second-order valence-corrected chi connectivity index (χ2v) is 9.11. The molecule has 2 aromatic carbocycles. The van der Waals surface area contributed by atoms with Gasteiger partial charge < -0.3 is 10.0 Å². The van der Waals surface area contributed by atoms with Crippen molar-refractivity contribution in [1.82, 2.24) is 14.8 Å². The average molecular weight is 499 g/mol. The van der Waals surface area contributed by atoms with Crippen LogP contribution in [-0.2, 0) is 6.54 Å². The highest BCUT2D eigenvalue weighted by atomic mass is 16.4. The van der Waals surface area contributed by atoms with Gasteiger partial charge in [-0.1, -0.05) is 42.0 Å². The van der Waals surface area contributed by atoms with Crippen LogP contribution < -0.4 is 5.32 Å². The summed E-state index contributed by atoms with van der Waals surface area (Å²) in [5.41, 5.74) is 6.39. The topological polar surface area (TPSA) is 85.8 Å². The number of nitrogens with zero attached hydrogens (tertiary/aromatic N) is 3. The SMILES string of the molecule is CCN(CC)C(=O)c1ccc(C(=C2CCN(Cc3ccccn3)CC2)c2ccccc2NC(=O)O)cc1. The van der Waals surface area contributed by atoms with Crippen molar-refractivity contribution in [2.75, 3.05) is 31.5 Å². The van der Waals surface area contributed by atoms with Gasteiger partial charge in [-0.25, -0.2) is 4.79 Å². The summed E-state index contributed by atoms with van der Waals surface area (Å²) in [5, 5.41) is 12.0. The molecule has 0 spiro atoms. The number of piperidine rings is 1. The highest BCUT2D eigenvalue weighted by Crippen LogP contribution is 2.36. The van der Waals surface area contributed by atoms with Gasteiger partial charge in [0, 0.05) is 50.0 Å². The highest BCUT2D eigenvalue weighted by molar-refractivity contribution is 5.96. The lowest BCUT2D eigenvalue weighted by Gasteiger charge is -2.30. The summed E-state index contributed by atoms with van der Waals surface area (Å²) in [4.78, 5) is 33.0. The van der Waals surface area contributed by atoms with Crippen molar-refractivity contribution in [2.24, 2.45) is 0 Å². The largest absolute Gasteiger partial charge is 0.465 e. The molecule has 0 atom stereocenters. The maximum absolute atomic E-state index is 12.8. The van der Waals surface area contributed by atoms with Gasteiger partial charge in [-0.15, -0.1) is 0 Å². The minimum atomic E-state index is -1.10. The van der Waals surface area contributed by atoms with Gasteiger partial charge in [0.05, 0.1) is 11.4 Å². The lowest BCUT2D eigenvalue weighted by atomic mass is 9.87. The molecule has 2 N–H and O–H groups in total. The van der Waals surface area contributed by atoms with E-state index in [9.17, 15) is 14.7 Å². The lowest BCUT2D eigenvalue weighted by molar-refractivity contribution is 0.0773. The predicted molar refractivity (Wildman–Crippen MR) is 147 cm³/mol. The van der Waals surface area contributed by atoms with E-state index in [1.165, 1.54) is 5.57 Å². The summed E-state index contributed by atoms with van der Waals surface area (Å²) in [6.07, 6.45) is 2.46. The third-order valence-electron chi connectivity index (χ3n) is 6.83. The fourth-order valence-corrected chi connectivity index (χ4v) is 4.90. The lowest BCUT2D eigenvalue weighted by Crippen LogP contribution is -2.31. The van der Waals surface area contributed by atoms with E-state index in [0.717, 1.165) is 54.9 Å². The van der Waals surface area contributed by atoms with Crippen molar-refractivity contribution in [3.8, 4) is 0 Å². The number of benzene rings is 2. The maximum Gasteiger partial charge on any atom is 0.409 e. The number of rotatable bonds is 8. The van der Waals surface area contributed by atoms with Gasteiger partial charge in [0.15, 0.2) is 0 Å². The predicted octanol–water partition coefficient (Wildman–Crippen LogP) is 5.75. The third kappa shape index (κ3) is 6.43. The quantitative estimate of drug-likeness (QED) is 0.413. The zero-order valence-corrected chi connectivity index (χ0v) is 21.5. The van der Waals surface area contributed by atoms with E-state index in [1.807, 2.05) is 80.7 Å². The first kappa shape index (κ1) is 26.1. The Bertz CT molecular complexity index is 1240. The smallest absolute Gasteiger partial charge is 0.409 e. The van der Waals surface area contributed by atoms with Crippen molar-refractivity contribution in [3.05, 3.63) is 101 Å². The van der Waals surface area contributed by atoms with Gasteiger partial charge in [-0.3, -0.25) is 20.0 Å². The second-order valence-electron chi connectivity index (χ2n) is 9.11. The molecule has 0 saturated carbocycles. The number of nitrogens with one attached hydrogen (secondary N) is 1. The molecule has 1 aliphatic heterocycles. The molecule has 7 heteroatoms. The van der Waals surface area contributed by atoms with Crippen molar-refractivity contribution in [2.45, 2.75) is 33.2 Å². The Hall–Kier alpha value is -3.97. The summed E-state index contributed by atoms with van der Waals surface area (Å²) in [6, 6.07) is 21.2. The van der Waals surface area contributed by atoms with Gasteiger partial charge in [0.2, 0.25) is 0 Å². The first-order valence-corrected chi connectivity index (χ1v) is 12.8. The molecule has 0 unspecified atom stereocenters. The second kappa shape index (κ2) is 12.3. The van der Waals surface area contributed by atoms with E-state index in [2.05, 4.69) is 15.2 Å². The Balaban J connectivity index is 1.68. The van der Waals surface area contributed by atoms with Crippen molar-refractivity contribution in [1.29, 1.82) is 0 Å². The summed E-state index contributed by atoms with van der Waals surface area (Å²) in [5.74, 6) is 0.0153. The summed E-state index contributed by atoms with van der Waals surface area (Å²) >= 11 is 0. The Labute approximate surface area is 218 Å². The van der Waals surface area contributed by atoms with Crippen molar-refractivity contribution in [3.63, 3.8) is 0 Å². The van der Waals surface area contributed by atoms with Gasteiger partial charge in [-0.05, 0) is 68.2 Å². The zero-order valence-electron chi connectivity index (χ0n) is 21.5. The molecule has 4 rings (SSSR count). The number of carbonyl (C=O) groups excluding carboxylic acids is 1. The van der Waals surface area contributed by atoms with Crippen molar-refractivity contribution < 1.29 is 14.7 Å². The molecule has 37 heavy (non-hydrogen) atoms. The fourth-order valence-electron chi connectivity index (χ4n) is 4.90. The number of carbonyl (C=O) groups is 2. The molecule has 2 heterocycles. The fraction of sp³-hybridized carbons (Fsp3) is 0.300. The van der Waals surface area contributed by atoms with E-state index in [-0.39, 0.29) is 5.91 Å². The van der Waals surface area contributed by atoms with Crippen LogP contribution >= 0.6 is 0 Å². The van der Waals surface area contributed by atoms with Crippen LogP contribution in [-0.4, -0.2) is 58.1 Å². The summed E-state index contributed by atoms with van der Waals surface area (Å²) < 4.78 is 0. The van der Waals surface area contributed by atoms with E-state index in [1.54, 1.807) is 11.0 Å². The highest BCUT2D eigenvalue weighted by Gasteiger charge is 2.22. The van der Waals surface area contributed by atoms with Gasteiger partial charge in [0.1, 0.15) is 0 Å². The molecule has 7 nitrogen and oxygen atoms in total. The Morgan fingerprint density at radius 2 is 1.57 bits per heavy atom. The van der Waals surface area contributed by atoms with Crippen LogP contribution in [0.1, 0.15) is 53.9 Å². The molecule has 1 saturated heterocycles. The average Bonchev–Trinajstić information content (AvgIpc) is 2.92. The molecule has 1 fully saturated rings. The summed E-state index contributed by atoms with van der Waals surface area (Å²) in [6.45, 7) is 7.87. The first-order chi connectivity index (χ1) is 18.0. The van der Waals surface area contributed by atoms with E-state index < -0.39 is 6.09 Å². The zero-order chi connectivity index (χ0) is 26.2. The molecule has 0 bridgehead atoms. The number of aromatic nitrogens is 1. The molecule has 1 aliphatic rings. The number of carboxylic acid groups (broad SMARTS) is 1. The van der Waals surface area contributed by atoms with E-state index in [0.29, 0.717) is 24.3 Å². The minimum absolute atomic E-state index is 0.0153. The van der Waals surface area contributed by atoms with Crippen molar-refractivity contribution >= 4 is 23.3 Å². The van der Waals surface area contributed by atoms with E-state index in [4.69, 9.17) is 0 Å². The number of hydrogen-bond acceptors (Lipinski definition) is 4. The molecular weight excluding hydrogens is 464 g/mol. The molecule has 3 aromatic rings. The van der Waals surface area contributed by atoms with E-state index >= 15 is 0 Å². The Kier molecular flexibility index (Phi) is 8.69. The number of anilines is 1. The molecule has 192 valence electrons. The number of pyridine rings is 1. The van der Waals surface area contributed by atoms with Crippen LogP contribution in [0.4, 0.5) is 10.5 Å². The van der Waals surface area contributed by atoms with Gasteiger partial charge >= 0.3 is 6.09 Å². The third-order valence-corrected chi connectivity index (χ3v) is 6.83. The van der Waals surface area contributed by atoms with Crippen LogP contribution in [0.3, 0.4) is 0 Å².